The van der Waals surface area contributed by atoms with Gasteiger partial charge in [-0.15, -0.1) is 0 Å². The molecule has 2 aromatic heterocycles. The number of nitrogens with one attached hydrogen (secondary N) is 1. The van der Waals surface area contributed by atoms with E-state index in [1.807, 2.05) is 53.0 Å². The van der Waals surface area contributed by atoms with E-state index in [2.05, 4.69) is 20.4 Å². The second-order valence-electron chi connectivity index (χ2n) is 5.06. The SMILES string of the molecule is c1ccc(-n2ncc3c(NC4CCSC4)ncnc32)cc1. The van der Waals surface area contributed by atoms with Crippen LogP contribution in [-0.2, 0) is 0 Å². The van der Waals surface area contributed by atoms with Crippen molar-refractivity contribution in [3.05, 3.63) is 42.9 Å². The molecule has 3 aromatic rings. The lowest BCUT2D eigenvalue weighted by molar-refractivity contribution is 0.807. The van der Waals surface area contributed by atoms with Gasteiger partial charge in [-0.05, 0) is 24.3 Å². The maximum Gasteiger partial charge on any atom is 0.168 e. The minimum atomic E-state index is 0.494. The van der Waals surface area contributed by atoms with Crippen LogP contribution in [0, 0.1) is 0 Å². The number of hydrogen-bond acceptors (Lipinski definition) is 5. The van der Waals surface area contributed by atoms with Gasteiger partial charge in [0.05, 0.1) is 17.3 Å². The molecule has 6 heteroatoms. The van der Waals surface area contributed by atoms with Gasteiger partial charge in [0.25, 0.3) is 0 Å². The lowest BCUT2D eigenvalue weighted by Crippen LogP contribution is -2.19. The van der Waals surface area contributed by atoms with Gasteiger partial charge in [0.15, 0.2) is 5.65 Å². The molecule has 1 unspecified atom stereocenters. The van der Waals surface area contributed by atoms with Gasteiger partial charge < -0.3 is 5.32 Å². The van der Waals surface area contributed by atoms with Crippen molar-refractivity contribution in [2.45, 2.75) is 12.5 Å². The summed E-state index contributed by atoms with van der Waals surface area (Å²) in [5, 5.41) is 8.96. The highest BCUT2D eigenvalue weighted by Gasteiger charge is 2.18. The van der Waals surface area contributed by atoms with Crippen molar-refractivity contribution >= 4 is 28.6 Å². The molecule has 1 aliphatic heterocycles. The van der Waals surface area contributed by atoms with Gasteiger partial charge in [-0.25, -0.2) is 14.6 Å². The summed E-state index contributed by atoms with van der Waals surface area (Å²) in [6, 6.07) is 10.5. The zero-order valence-electron chi connectivity index (χ0n) is 11.4. The molecule has 1 N–H and O–H groups in total. The van der Waals surface area contributed by atoms with Gasteiger partial charge in [-0.3, -0.25) is 0 Å². The Bertz CT molecular complexity index is 749. The molecule has 0 saturated carbocycles. The van der Waals surface area contributed by atoms with Crippen LogP contribution in [0.2, 0.25) is 0 Å². The van der Waals surface area contributed by atoms with E-state index in [0.29, 0.717) is 6.04 Å². The molecule has 1 atom stereocenters. The van der Waals surface area contributed by atoms with Gasteiger partial charge in [0.1, 0.15) is 12.1 Å². The number of rotatable bonds is 3. The monoisotopic (exact) mass is 297 g/mol. The summed E-state index contributed by atoms with van der Waals surface area (Å²) in [5.41, 5.74) is 1.85. The normalized spacial score (nSPS) is 18.2. The topological polar surface area (TPSA) is 55.6 Å². The maximum atomic E-state index is 4.47. The third kappa shape index (κ3) is 2.35. The fraction of sp³-hybridized carbons (Fsp3) is 0.267. The molecule has 0 radical (unpaired) electrons. The summed E-state index contributed by atoms with van der Waals surface area (Å²) < 4.78 is 1.85. The smallest absolute Gasteiger partial charge is 0.168 e. The van der Waals surface area contributed by atoms with E-state index in [-0.39, 0.29) is 0 Å². The highest BCUT2D eigenvalue weighted by molar-refractivity contribution is 7.99. The standard InChI is InChI=1S/C15H15N5S/c1-2-4-12(5-3-1)20-15-13(8-18-20)14(16-10-17-15)19-11-6-7-21-9-11/h1-5,8,10-11H,6-7,9H2,(H,16,17,19). The van der Waals surface area contributed by atoms with Crippen molar-refractivity contribution in [2.75, 3.05) is 16.8 Å². The van der Waals surface area contributed by atoms with E-state index < -0.39 is 0 Å². The number of benzene rings is 1. The molecule has 21 heavy (non-hydrogen) atoms. The molecule has 1 saturated heterocycles. The fourth-order valence-electron chi connectivity index (χ4n) is 2.56. The molecule has 4 rings (SSSR count). The number of para-hydroxylation sites is 1. The lowest BCUT2D eigenvalue weighted by atomic mass is 10.2. The summed E-state index contributed by atoms with van der Waals surface area (Å²) in [7, 11) is 0. The van der Waals surface area contributed by atoms with Crippen molar-refractivity contribution in [1.82, 2.24) is 19.7 Å². The van der Waals surface area contributed by atoms with Crippen LogP contribution < -0.4 is 5.32 Å². The van der Waals surface area contributed by atoms with Crippen LogP contribution in [0.1, 0.15) is 6.42 Å². The van der Waals surface area contributed by atoms with Gasteiger partial charge in [0, 0.05) is 11.8 Å². The molecule has 1 fully saturated rings. The predicted molar refractivity (Wildman–Crippen MR) is 86.0 cm³/mol. The third-order valence-corrected chi connectivity index (χ3v) is 4.80. The first-order chi connectivity index (χ1) is 10.4. The van der Waals surface area contributed by atoms with E-state index in [0.717, 1.165) is 28.3 Å². The second-order valence-corrected chi connectivity index (χ2v) is 6.21. The Morgan fingerprint density at radius 3 is 2.90 bits per heavy atom. The Labute approximate surface area is 126 Å². The lowest BCUT2D eigenvalue weighted by Gasteiger charge is -2.12. The molecule has 1 aliphatic rings. The Morgan fingerprint density at radius 2 is 2.10 bits per heavy atom. The van der Waals surface area contributed by atoms with Gasteiger partial charge >= 0.3 is 0 Å². The average Bonchev–Trinajstić information content (AvgIpc) is 3.18. The number of fused-ring (bicyclic) bond motifs is 1. The van der Waals surface area contributed by atoms with Crippen LogP contribution in [0.5, 0.6) is 0 Å². The van der Waals surface area contributed by atoms with E-state index in [9.17, 15) is 0 Å². The zero-order valence-corrected chi connectivity index (χ0v) is 12.3. The van der Waals surface area contributed by atoms with Crippen LogP contribution >= 0.6 is 11.8 Å². The second kappa shape index (κ2) is 5.37. The summed E-state index contributed by atoms with van der Waals surface area (Å²) >= 11 is 1.98. The van der Waals surface area contributed by atoms with Crippen molar-refractivity contribution < 1.29 is 0 Å². The molecule has 5 nitrogen and oxygen atoms in total. The zero-order chi connectivity index (χ0) is 14.1. The van der Waals surface area contributed by atoms with Crippen LogP contribution in [0.3, 0.4) is 0 Å². The number of aromatic nitrogens is 4. The van der Waals surface area contributed by atoms with E-state index in [1.54, 1.807) is 6.33 Å². The first kappa shape index (κ1) is 12.6. The minimum absolute atomic E-state index is 0.494. The summed E-state index contributed by atoms with van der Waals surface area (Å²) in [6.07, 6.45) is 4.63. The first-order valence-electron chi connectivity index (χ1n) is 7.00. The quantitative estimate of drug-likeness (QED) is 0.805. The van der Waals surface area contributed by atoms with Gasteiger partial charge in [0.2, 0.25) is 0 Å². The van der Waals surface area contributed by atoms with Gasteiger partial charge in [-0.2, -0.15) is 16.9 Å². The van der Waals surface area contributed by atoms with E-state index >= 15 is 0 Å². The Hall–Kier alpha value is -2.08. The fourth-order valence-corrected chi connectivity index (χ4v) is 3.71. The van der Waals surface area contributed by atoms with Crippen molar-refractivity contribution in [3.8, 4) is 5.69 Å². The van der Waals surface area contributed by atoms with Crippen molar-refractivity contribution in [1.29, 1.82) is 0 Å². The number of anilines is 1. The molecule has 0 bridgehead atoms. The summed E-state index contributed by atoms with van der Waals surface area (Å²) in [4.78, 5) is 8.79. The highest BCUT2D eigenvalue weighted by atomic mass is 32.2. The van der Waals surface area contributed by atoms with Crippen LogP contribution in [-0.4, -0.2) is 37.3 Å². The van der Waals surface area contributed by atoms with E-state index in [1.165, 1.54) is 12.2 Å². The Balaban J connectivity index is 1.75. The number of thioether (sulfide) groups is 1. The Kier molecular flexibility index (Phi) is 3.23. The number of hydrogen-bond donors (Lipinski definition) is 1. The molecule has 0 amide bonds. The van der Waals surface area contributed by atoms with Crippen LogP contribution in [0.15, 0.2) is 42.9 Å². The molecule has 0 spiro atoms. The third-order valence-electron chi connectivity index (χ3n) is 3.64. The average molecular weight is 297 g/mol. The van der Waals surface area contributed by atoms with Crippen LogP contribution in [0.25, 0.3) is 16.7 Å². The predicted octanol–water partition coefficient (Wildman–Crippen LogP) is 2.73. The Morgan fingerprint density at radius 1 is 1.19 bits per heavy atom. The molecular weight excluding hydrogens is 282 g/mol. The van der Waals surface area contributed by atoms with E-state index in [4.69, 9.17) is 0 Å². The highest BCUT2D eigenvalue weighted by Crippen LogP contribution is 2.25. The van der Waals surface area contributed by atoms with Crippen molar-refractivity contribution in [2.24, 2.45) is 0 Å². The molecule has 0 aliphatic carbocycles. The van der Waals surface area contributed by atoms with Crippen molar-refractivity contribution in [3.63, 3.8) is 0 Å². The molecule has 3 heterocycles. The minimum Gasteiger partial charge on any atom is -0.366 e. The number of nitrogens with zero attached hydrogens (tertiary/aromatic N) is 4. The van der Waals surface area contributed by atoms with Gasteiger partial charge in [-0.1, -0.05) is 18.2 Å². The summed E-state index contributed by atoms with van der Waals surface area (Å²) in [6.45, 7) is 0. The molecular formula is C15H15N5S. The largest absolute Gasteiger partial charge is 0.366 e. The maximum absolute atomic E-state index is 4.47. The first-order valence-corrected chi connectivity index (χ1v) is 8.16. The summed E-state index contributed by atoms with van der Waals surface area (Å²) in [5.74, 6) is 3.24. The molecule has 1 aromatic carbocycles. The molecule has 106 valence electrons. The van der Waals surface area contributed by atoms with Crippen LogP contribution in [0.4, 0.5) is 5.82 Å².